The lowest BCUT2D eigenvalue weighted by Gasteiger charge is -2.20. The van der Waals surface area contributed by atoms with Crippen molar-refractivity contribution in [2.45, 2.75) is 20.0 Å². The van der Waals surface area contributed by atoms with Crippen LogP contribution in [0.1, 0.15) is 6.92 Å². The molecule has 0 amide bonds. The third kappa shape index (κ3) is 2.44. The molecule has 1 unspecified atom stereocenters. The normalized spacial score (nSPS) is 23.9. The summed E-state index contributed by atoms with van der Waals surface area (Å²) in [6.07, 6.45) is 0. The van der Waals surface area contributed by atoms with Crippen LogP contribution in [-0.4, -0.2) is 21.3 Å². The molecule has 0 radical (unpaired) electrons. The van der Waals surface area contributed by atoms with E-state index in [1.807, 2.05) is 0 Å². The van der Waals surface area contributed by atoms with Gasteiger partial charge in [-0.2, -0.15) is 0 Å². The van der Waals surface area contributed by atoms with Crippen molar-refractivity contribution in [2.24, 2.45) is 5.92 Å². The molecule has 0 aliphatic carbocycles. The lowest BCUT2D eigenvalue weighted by Crippen LogP contribution is -2.40. The third-order valence-electron chi connectivity index (χ3n) is 3.33. The van der Waals surface area contributed by atoms with Crippen LogP contribution < -0.4 is 5.19 Å². The van der Waals surface area contributed by atoms with E-state index >= 15 is 0 Å². The summed E-state index contributed by atoms with van der Waals surface area (Å²) in [7, 11) is -1.43. The smallest absolute Gasteiger partial charge is 0.104 e. The molecule has 1 aromatic rings. The van der Waals surface area contributed by atoms with Gasteiger partial charge in [-0.05, 0) is 5.57 Å². The molecule has 1 saturated heterocycles. The Hall–Kier alpha value is -0.863. The van der Waals surface area contributed by atoms with Crippen molar-refractivity contribution in [3.8, 4) is 0 Å². The molecule has 0 saturated carbocycles. The Morgan fingerprint density at radius 2 is 1.94 bits per heavy atom. The van der Waals surface area contributed by atoms with Gasteiger partial charge in [0.15, 0.2) is 0 Å². The Morgan fingerprint density at radius 1 is 1.25 bits per heavy atom. The van der Waals surface area contributed by atoms with Crippen molar-refractivity contribution in [1.82, 2.24) is 0 Å². The summed E-state index contributed by atoms with van der Waals surface area (Å²) in [4.78, 5) is 0. The first kappa shape index (κ1) is 11.6. The Balaban J connectivity index is 2.26. The van der Waals surface area contributed by atoms with Crippen LogP contribution in [0.5, 0.6) is 0 Å². The highest BCUT2D eigenvalue weighted by molar-refractivity contribution is 6.94. The van der Waals surface area contributed by atoms with E-state index in [-0.39, 0.29) is 0 Å². The fraction of sp³-hybridized carbons (Fsp3) is 0.429. The second-order valence-corrected chi connectivity index (χ2v) is 9.53. The molecule has 16 heavy (non-hydrogen) atoms. The van der Waals surface area contributed by atoms with E-state index in [1.165, 1.54) is 10.8 Å². The molecule has 1 aliphatic heterocycles. The molecule has 1 aromatic carbocycles. The Bertz CT molecular complexity index is 381. The highest BCUT2D eigenvalue weighted by Gasteiger charge is 2.25. The molecular formula is C14H20OSi. The van der Waals surface area contributed by atoms with Crippen molar-refractivity contribution < 1.29 is 4.74 Å². The molecule has 1 atom stereocenters. The number of hydrogen-bond donors (Lipinski definition) is 0. The first-order valence-electron chi connectivity index (χ1n) is 5.94. The van der Waals surface area contributed by atoms with Gasteiger partial charge in [-0.1, -0.05) is 61.2 Å². The van der Waals surface area contributed by atoms with Crippen LogP contribution in [0.4, 0.5) is 0 Å². The highest BCUT2D eigenvalue weighted by atomic mass is 28.3. The first-order valence-corrected chi connectivity index (χ1v) is 9.02. The zero-order chi connectivity index (χ0) is 11.6. The maximum absolute atomic E-state index is 5.51. The van der Waals surface area contributed by atoms with E-state index < -0.39 is 8.07 Å². The number of ether oxygens (including phenoxy) is 1. The summed E-state index contributed by atoms with van der Waals surface area (Å²) >= 11 is 0. The molecule has 0 N–H and O–H groups in total. The molecular weight excluding hydrogens is 212 g/mol. The van der Waals surface area contributed by atoms with E-state index in [0.29, 0.717) is 5.92 Å². The summed E-state index contributed by atoms with van der Waals surface area (Å²) in [6.45, 7) is 8.80. The largest absolute Gasteiger partial charge is 0.377 e. The van der Waals surface area contributed by atoms with Crippen LogP contribution in [0.25, 0.3) is 0 Å². The van der Waals surface area contributed by atoms with E-state index in [2.05, 4.69) is 56.0 Å². The van der Waals surface area contributed by atoms with Crippen LogP contribution in [-0.2, 0) is 4.74 Å². The Morgan fingerprint density at radius 3 is 2.50 bits per heavy atom. The van der Waals surface area contributed by atoms with Gasteiger partial charge in [-0.15, -0.1) is 0 Å². The van der Waals surface area contributed by atoms with Crippen molar-refractivity contribution in [2.75, 3.05) is 13.2 Å². The standard InChI is InChI=1S/C14H20OSi/c1-12-9-15-10-13(12)11-16(2,3)14-7-5-4-6-8-14/h4-8,11-12H,9-10H2,1-3H3/b13-11-. The fourth-order valence-corrected chi connectivity index (χ4v) is 4.71. The van der Waals surface area contributed by atoms with Gasteiger partial charge in [-0.25, -0.2) is 0 Å². The average Bonchev–Trinajstić information content (AvgIpc) is 2.65. The zero-order valence-corrected chi connectivity index (χ0v) is 11.4. The quantitative estimate of drug-likeness (QED) is 0.713. The molecule has 0 aromatic heterocycles. The minimum absolute atomic E-state index is 0.607. The highest BCUT2D eigenvalue weighted by Crippen LogP contribution is 2.21. The number of hydrogen-bond acceptors (Lipinski definition) is 1. The lowest BCUT2D eigenvalue weighted by molar-refractivity contribution is 0.191. The van der Waals surface area contributed by atoms with Crippen molar-refractivity contribution in [3.63, 3.8) is 0 Å². The Labute approximate surface area is 99.2 Å². The second-order valence-electron chi connectivity index (χ2n) is 5.22. The summed E-state index contributed by atoms with van der Waals surface area (Å²) < 4.78 is 5.51. The maximum atomic E-state index is 5.51. The van der Waals surface area contributed by atoms with Gasteiger partial charge in [0.25, 0.3) is 0 Å². The van der Waals surface area contributed by atoms with Crippen LogP contribution in [0, 0.1) is 5.92 Å². The lowest BCUT2D eigenvalue weighted by atomic mass is 10.1. The van der Waals surface area contributed by atoms with Crippen LogP contribution >= 0.6 is 0 Å². The molecule has 1 nitrogen and oxygen atoms in total. The fourth-order valence-electron chi connectivity index (χ4n) is 2.20. The summed E-state index contributed by atoms with van der Waals surface area (Å²) in [5, 5.41) is 1.50. The van der Waals surface area contributed by atoms with Gasteiger partial charge in [0.2, 0.25) is 0 Å². The SMILES string of the molecule is CC1COC/C1=C/[Si](C)(C)c1ccccc1. The predicted octanol–water partition coefficient (Wildman–Crippen LogP) is 2.73. The number of benzene rings is 1. The summed E-state index contributed by atoms with van der Waals surface area (Å²) in [5.74, 6) is 0.607. The monoisotopic (exact) mass is 232 g/mol. The predicted molar refractivity (Wildman–Crippen MR) is 71.6 cm³/mol. The van der Waals surface area contributed by atoms with Crippen molar-refractivity contribution >= 4 is 13.3 Å². The van der Waals surface area contributed by atoms with Crippen LogP contribution in [0.2, 0.25) is 13.1 Å². The van der Waals surface area contributed by atoms with E-state index in [9.17, 15) is 0 Å². The average molecular weight is 232 g/mol. The van der Waals surface area contributed by atoms with Crippen molar-refractivity contribution in [1.29, 1.82) is 0 Å². The molecule has 1 heterocycles. The minimum Gasteiger partial charge on any atom is -0.377 e. The minimum atomic E-state index is -1.43. The second kappa shape index (κ2) is 4.56. The van der Waals surface area contributed by atoms with Gasteiger partial charge < -0.3 is 4.74 Å². The number of rotatable bonds is 2. The molecule has 86 valence electrons. The summed E-state index contributed by atoms with van der Waals surface area (Å²) in [5.41, 5.74) is 4.01. The molecule has 0 spiro atoms. The van der Waals surface area contributed by atoms with Gasteiger partial charge in [0.1, 0.15) is 8.07 Å². The van der Waals surface area contributed by atoms with Gasteiger partial charge in [0.05, 0.1) is 13.2 Å². The van der Waals surface area contributed by atoms with Crippen molar-refractivity contribution in [3.05, 3.63) is 41.6 Å². The first-order chi connectivity index (χ1) is 7.59. The summed E-state index contributed by atoms with van der Waals surface area (Å²) in [6, 6.07) is 10.9. The van der Waals surface area contributed by atoms with Gasteiger partial charge >= 0.3 is 0 Å². The Kier molecular flexibility index (Phi) is 3.31. The van der Waals surface area contributed by atoms with E-state index in [0.717, 1.165) is 13.2 Å². The van der Waals surface area contributed by atoms with Gasteiger partial charge in [0, 0.05) is 5.92 Å². The molecule has 1 fully saturated rings. The molecule has 2 heteroatoms. The molecule has 1 aliphatic rings. The van der Waals surface area contributed by atoms with Crippen LogP contribution in [0.15, 0.2) is 41.6 Å². The zero-order valence-electron chi connectivity index (χ0n) is 10.4. The molecule has 0 bridgehead atoms. The van der Waals surface area contributed by atoms with Gasteiger partial charge in [-0.3, -0.25) is 0 Å². The van der Waals surface area contributed by atoms with Crippen LogP contribution in [0.3, 0.4) is 0 Å². The third-order valence-corrected chi connectivity index (χ3v) is 6.25. The van der Waals surface area contributed by atoms with E-state index in [4.69, 9.17) is 4.74 Å². The maximum Gasteiger partial charge on any atom is 0.104 e. The molecule has 2 rings (SSSR count). The van der Waals surface area contributed by atoms with E-state index in [1.54, 1.807) is 0 Å². The topological polar surface area (TPSA) is 9.23 Å².